The molecule has 4 rings (SSSR count). The number of thioether (sulfide) groups is 1. The van der Waals surface area contributed by atoms with Crippen molar-refractivity contribution >= 4 is 29.2 Å². The van der Waals surface area contributed by atoms with E-state index in [0.29, 0.717) is 5.02 Å². The number of aromatic nitrogens is 4. The molecule has 0 N–H and O–H groups in total. The molecule has 3 aromatic heterocycles. The maximum absolute atomic E-state index is 6.49. The number of anilines is 1. The fraction of sp³-hybridized carbons (Fsp3) is 0.333. The lowest BCUT2D eigenvalue weighted by molar-refractivity contribution is 0.594. The van der Waals surface area contributed by atoms with Gasteiger partial charge >= 0.3 is 0 Å². The lowest BCUT2D eigenvalue weighted by atomic mass is 9.99. The molecule has 7 heteroatoms. The van der Waals surface area contributed by atoms with Crippen molar-refractivity contribution < 1.29 is 0 Å². The second-order valence-electron chi connectivity index (χ2n) is 7.08. The largest absolute Gasteiger partial charge is 0.349 e. The van der Waals surface area contributed by atoms with Crippen molar-refractivity contribution in [1.29, 1.82) is 0 Å². The van der Waals surface area contributed by atoms with E-state index in [1.165, 1.54) is 0 Å². The molecule has 1 aliphatic rings. The van der Waals surface area contributed by atoms with E-state index in [-0.39, 0.29) is 6.04 Å². The van der Waals surface area contributed by atoms with Crippen LogP contribution in [0.1, 0.15) is 35.3 Å². The van der Waals surface area contributed by atoms with Gasteiger partial charge in [0.1, 0.15) is 5.82 Å². The average Bonchev–Trinajstić information content (AvgIpc) is 2.69. The molecule has 0 fully saturated rings. The molecule has 0 bridgehead atoms. The minimum absolute atomic E-state index is 0.147. The van der Waals surface area contributed by atoms with Crippen LogP contribution in [0.4, 0.5) is 5.82 Å². The van der Waals surface area contributed by atoms with Gasteiger partial charge in [0.2, 0.25) is 0 Å². The van der Waals surface area contributed by atoms with E-state index < -0.39 is 0 Å². The van der Waals surface area contributed by atoms with E-state index in [4.69, 9.17) is 11.6 Å². The Hall–Kier alpha value is -2.18. The summed E-state index contributed by atoms with van der Waals surface area (Å²) in [5.41, 5.74) is 6.35. The van der Waals surface area contributed by atoms with Crippen molar-refractivity contribution in [2.24, 2.45) is 0 Å². The molecule has 1 aliphatic heterocycles. The highest BCUT2D eigenvalue weighted by Gasteiger charge is 2.27. The quantitative estimate of drug-likeness (QED) is 0.444. The second-order valence-corrected chi connectivity index (χ2v) is 8.26. The SMILES string of the molecule is CSc1ncc2c(n1)CCN(c1cc(-c3ncc(C)cc3C)c(Cl)cn1)C2C. The van der Waals surface area contributed by atoms with Gasteiger partial charge < -0.3 is 4.90 Å². The second kappa shape index (κ2) is 7.68. The average molecular weight is 412 g/mol. The van der Waals surface area contributed by atoms with Crippen LogP contribution in [0.25, 0.3) is 11.3 Å². The van der Waals surface area contributed by atoms with E-state index in [2.05, 4.69) is 44.7 Å². The van der Waals surface area contributed by atoms with Gasteiger partial charge in [-0.15, -0.1) is 0 Å². The zero-order valence-corrected chi connectivity index (χ0v) is 18.0. The molecule has 28 heavy (non-hydrogen) atoms. The number of rotatable bonds is 3. The summed E-state index contributed by atoms with van der Waals surface area (Å²) in [6, 6.07) is 4.32. The minimum Gasteiger partial charge on any atom is -0.349 e. The molecule has 4 heterocycles. The molecule has 3 aromatic rings. The topological polar surface area (TPSA) is 54.8 Å². The summed E-state index contributed by atoms with van der Waals surface area (Å²) in [6.07, 6.45) is 8.42. The zero-order valence-electron chi connectivity index (χ0n) is 16.4. The van der Waals surface area contributed by atoms with Crippen LogP contribution in [0.3, 0.4) is 0 Å². The smallest absolute Gasteiger partial charge is 0.187 e. The Morgan fingerprint density at radius 3 is 2.68 bits per heavy atom. The fourth-order valence-electron chi connectivity index (χ4n) is 3.72. The summed E-state index contributed by atoms with van der Waals surface area (Å²) in [5.74, 6) is 0.897. The fourth-order valence-corrected chi connectivity index (χ4v) is 4.27. The lowest BCUT2D eigenvalue weighted by Gasteiger charge is -2.35. The number of hydrogen-bond acceptors (Lipinski definition) is 6. The molecule has 0 radical (unpaired) electrons. The lowest BCUT2D eigenvalue weighted by Crippen LogP contribution is -2.35. The van der Waals surface area contributed by atoms with Gasteiger partial charge in [0, 0.05) is 42.7 Å². The predicted octanol–water partition coefficient (Wildman–Crippen LogP) is 5.05. The van der Waals surface area contributed by atoms with Crippen LogP contribution >= 0.6 is 23.4 Å². The summed E-state index contributed by atoms with van der Waals surface area (Å²) in [6.45, 7) is 7.13. The van der Waals surface area contributed by atoms with Crippen molar-refractivity contribution in [2.45, 2.75) is 38.4 Å². The first-order chi connectivity index (χ1) is 13.5. The Kier molecular flexibility index (Phi) is 5.25. The summed E-state index contributed by atoms with van der Waals surface area (Å²) >= 11 is 8.06. The third-order valence-corrected chi connectivity index (χ3v) is 6.04. The van der Waals surface area contributed by atoms with Crippen LogP contribution in [0.2, 0.25) is 5.02 Å². The van der Waals surface area contributed by atoms with Crippen molar-refractivity contribution in [2.75, 3.05) is 17.7 Å². The van der Waals surface area contributed by atoms with Crippen LogP contribution in [0, 0.1) is 13.8 Å². The van der Waals surface area contributed by atoms with Gasteiger partial charge in [0.15, 0.2) is 5.16 Å². The maximum atomic E-state index is 6.49. The third-order valence-electron chi connectivity index (χ3n) is 5.17. The zero-order chi connectivity index (χ0) is 19.8. The Balaban J connectivity index is 1.72. The van der Waals surface area contributed by atoms with Crippen LogP contribution in [-0.2, 0) is 6.42 Å². The van der Waals surface area contributed by atoms with Gasteiger partial charge in [0.05, 0.1) is 22.5 Å². The molecule has 144 valence electrons. The molecular weight excluding hydrogens is 390 g/mol. The maximum Gasteiger partial charge on any atom is 0.187 e. The minimum atomic E-state index is 0.147. The van der Waals surface area contributed by atoms with Gasteiger partial charge in [-0.2, -0.15) is 0 Å². The molecule has 0 saturated heterocycles. The van der Waals surface area contributed by atoms with Gasteiger partial charge in [-0.1, -0.05) is 29.4 Å². The molecule has 0 aliphatic carbocycles. The number of fused-ring (bicyclic) bond motifs is 1. The summed E-state index contributed by atoms with van der Waals surface area (Å²) < 4.78 is 0. The number of pyridine rings is 2. The van der Waals surface area contributed by atoms with Crippen LogP contribution in [0.15, 0.2) is 35.9 Å². The van der Waals surface area contributed by atoms with Crippen molar-refractivity contribution in [3.63, 3.8) is 0 Å². The Morgan fingerprint density at radius 1 is 1.11 bits per heavy atom. The summed E-state index contributed by atoms with van der Waals surface area (Å²) in [7, 11) is 0. The highest BCUT2D eigenvalue weighted by Crippen LogP contribution is 2.36. The third kappa shape index (κ3) is 3.47. The van der Waals surface area contributed by atoms with Crippen LogP contribution in [-0.4, -0.2) is 32.7 Å². The number of aryl methyl sites for hydroxylation is 2. The first-order valence-electron chi connectivity index (χ1n) is 9.23. The van der Waals surface area contributed by atoms with E-state index in [1.807, 2.05) is 31.6 Å². The van der Waals surface area contributed by atoms with Gasteiger partial charge in [-0.25, -0.2) is 15.0 Å². The Morgan fingerprint density at radius 2 is 1.93 bits per heavy atom. The standard InChI is InChI=1S/C21H22ClN5S/c1-12-7-13(2)20(24-9-12)15-8-19(23-11-17(15)22)27-6-5-18-16(14(27)3)10-25-21(26-18)28-4/h7-11,14H,5-6H2,1-4H3. The Labute approximate surface area is 174 Å². The van der Waals surface area contributed by atoms with Gasteiger partial charge in [-0.05, 0) is 44.2 Å². The molecule has 0 aromatic carbocycles. The van der Waals surface area contributed by atoms with E-state index in [1.54, 1.807) is 18.0 Å². The first kappa shape index (κ1) is 19.2. The van der Waals surface area contributed by atoms with E-state index in [9.17, 15) is 0 Å². The summed E-state index contributed by atoms with van der Waals surface area (Å²) in [5, 5.41) is 1.44. The highest BCUT2D eigenvalue weighted by molar-refractivity contribution is 7.98. The van der Waals surface area contributed by atoms with Crippen LogP contribution in [0.5, 0.6) is 0 Å². The normalized spacial score (nSPS) is 16.2. The molecule has 5 nitrogen and oxygen atoms in total. The van der Waals surface area contributed by atoms with E-state index in [0.717, 1.165) is 57.6 Å². The molecular formula is C21H22ClN5S. The summed E-state index contributed by atoms with van der Waals surface area (Å²) in [4.78, 5) is 20.7. The monoisotopic (exact) mass is 411 g/mol. The van der Waals surface area contributed by atoms with Crippen molar-refractivity contribution in [1.82, 2.24) is 19.9 Å². The number of nitrogens with zero attached hydrogens (tertiary/aromatic N) is 5. The van der Waals surface area contributed by atoms with Crippen molar-refractivity contribution in [3.8, 4) is 11.3 Å². The van der Waals surface area contributed by atoms with Gasteiger partial charge in [-0.3, -0.25) is 4.98 Å². The first-order valence-corrected chi connectivity index (χ1v) is 10.8. The predicted molar refractivity (Wildman–Crippen MR) is 115 cm³/mol. The van der Waals surface area contributed by atoms with Crippen LogP contribution < -0.4 is 4.90 Å². The number of hydrogen-bond donors (Lipinski definition) is 0. The van der Waals surface area contributed by atoms with Crippen molar-refractivity contribution in [3.05, 3.63) is 58.1 Å². The van der Waals surface area contributed by atoms with Gasteiger partial charge in [0.25, 0.3) is 0 Å². The molecule has 0 amide bonds. The molecule has 1 atom stereocenters. The van der Waals surface area contributed by atoms with E-state index >= 15 is 0 Å². The highest BCUT2D eigenvalue weighted by atomic mass is 35.5. The molecule has 1 unspecified atom stereocenters. The number of halogens is 1. The molecule has 0 spiro atoms. The Bertz CT molecular complexity index is 1040. The molecule has 0 saturated carbocycles.